The smallest absolute Gasteiger partial charge is 0.378 e. The summed E-state index contributed by atoms with van der Waals surface area (Å²) in [4.78, 5) is 1.04. The minimum atomic E-state index is -4.35. The van der Waals surface area contributed by atoms with Crippen LogP contribution in [0.4, 0.5) is 18.9 Å². The molecule has 20 heavy (non-hydrogen) atoms. The average Bonchev–Trinajstić information content (AvgIpc) is 2.73. The first-order chi connectivity index (χ1) is 9.27. The van der Waals surface area contributed by atoms with E-state index in [1.807, 2.05) is 18.4 Å². The summed E-state index contributed by atoms with van der Waals surface area (Å²) >= 11 is 8.08. The van der Waals surface area contributed by atoms with Crippen LogP contribution in [-0.2, 0) is 6.18 Å². The number of halogens is 5. The van der Waals surface area contributed by atoms with Crippen molar-refractivity contribution in [1.82, 2.24) is 0 Å². The second-order valence-corrected chi connectivity index (χ2v) is 6.94. The summed E-state index contributed by atoms with van der Waals surface area (Å²) in [6, 6.07) is 5.65. The molecule has 1 nitrogen and oxygen atoms in total. The molecular weight excluding hydrogens is 419 g/mol. The fourth-order valence-corrected chi connectivity index (χ4v) is 3.99. The van der Waals surface area contributed by atoms with Crippen LogP contribution < -0.4 is 5.32 Å². The van der Waals surface area contributed by atoms with Crippen LogP contribution in [0.3, 0.4) is 0 Å². The predicted octanol–water partition coefficient (Wildman–Crippen LogP) is 6.47. The van der Waals surface area contributed by atoms with Crippen LogP contribution in [0.15, 0.2) is 38.6 Å². The van der Waals surface area contributed by atoms with E-state index in [-0.39, 0.29) is 6.04 Å². The molecule has 0 aliphatic heterocycles. The van der Waals surface area contributed by atoms with Crippen molar-refractivity contribution in [3.63, 3.8) is 0 Å². The second-order valence-electron chi connectivity index (χ2n) is 4.23. The number of hydrogen-bond acceptors (Lipinski definition) is 2. The molecular formula is C13H10Br2F3NS. The summed E-state index contributed by atoms with van der Waals surface area (Å²) < 4.78 is 39.7. The Bertz CT molecular complexity index is 610. The Hall–Kier alpha value is -0.530. The van der Waals surface area contributed by atoms with Crippen LogP contribution in [0, 0.1) is 0 Å². The number of hydrogen-bond donors (Lipinski definition) is 1. The molecule has 7 heteroatoms. The van der Waals surface area contributed by atoms with E-state index in [9.17, 15) is 13.2 Å². The highest BCUT2D eigenvalue weighted by Gasteiger charge is 2.31. The molecule has 0 aliphatic carbocycles. The zero-order valence-electron chi connectivity index (χ0n) is 10.3. The molecule has 0 saturated heterocycles. The van der Waals surface area contributed by atoms with Crippen molar-refractivity contribution in [2.75, 3.05) is 5.32 Å². The monoisotopic (exact) mass is 427 g/mol. The maximum absolute atomic E-state index is 12.8. The molecule has 1 aromatic heterocycles. The van der Waals surface area contributed by atoms with Gasteiger partial charge in [0.25, 0.3) is 0 Å². The minimum Gasteiger partial charge on any atom is -0.378 e. The summed E-state index contributed by atoms with van der Waals surface area (Å²) in [6.45, 7) is 1.91. The van der Waals surface area contributed by atoms with Gasteiger partial charge in [-0.1, -0.05) is 15.9 Å². The van der Waals surface area contributed by atoms with Gasteiger partial charge in [-0.2, -0.15) is 13.2 Å². The van der Waals surface area contributed by atoms with Crippen molar-refractivity contribution in [2.24, 2.45) is 0 Å². The molecule has 1 N–H and O–H groups in total. The van der Waals surface area contributed by atoms with Crippen LogP contribution in [0.2, 0.25) is 0 Å². The number of benzene rings is 1. The predicted molar refractivity (Wildman–Crippen MR) is 83.2 cm³/mol. The van der Waals surface area contributed by atoms with E-state index < -0.39 is 11.7 Å². The third-order valence-electron chi connectivity index (χ3n) is 2.65. The molecule has 1 atom stereocenters. The summed E-state index contributed by atoms with van der Waals surface area (Å²) in [7, 11) is 0. The molecule has 0 saturated carbocycles. The molecule has 0 fully saturated rings. The van der Waals surface area contributed by atoms with Gasteiger partial charge in [-0.15, -0.1) is 11.3 Å². The molecule has 1 unspecified atom stereocenters. The lowest BCUT2D eigenvalue weighted by Crippen LogP contribution is -2.09. The van der Waals surface area contributed by atoms with Gasteiger partial charge in [-0.05, 0) is 52.5 Å². The molecule has 1 heterocycles. The lowest BCUT2D eigenvalue weighted by molar-refractivity contribution is -0.137. The normalized spacial score (nSPS) is 13.3. The van der Waals surface area contributed by atoms with Gasteiger partial charge in [0.05, 0.1) is 11.6 Å². The molecule has 0 aliphatic rings. The highest BCUT2D eigenvalue weighted by atomic mass is 79.9. The van der Waals surface area contributed by atoms with Crippen LogP contribution in [0.25, 0.3) is 0 Å². The average molecular weight is 429 g/mol. The van der Waals surface area contributed by atoms with Gasteiger partial charge < -0.3 is 5.32 Å². The molecule has 2 rings (SSSR count). The number of anilines is 1. The van der Waals surface area contributed by atoms with E-state index in [1.165, 1.54) is 0 Å². The Morgan fingerprint density at radius 3 is 2.45 bits per heavy atom. The Balaban J connectivity index is 2.26. The van der Waals surface area contributed by atoms with Gasteiger partial charge in [-0.25, -0.2) is 0 Å². The zero-order chi connectivity index (χ0) is 14.9. The topological polar surface area (TPSA) is 12.0 Å². The second kappa shape index (κ2) is 6.07. The van der Waals surface area contributed by atoms with Crippen molar-refractivity contribution in [2.45, 2.75) is 19.1 Å². The van der Waals surface area contributed by atoms with Crippen LogP contribution in [0.5, 0.6) is 0 Å². The number of alkyl halides is 3. The van der Waals surface area contributed by atoms with E-state index >= 15 is 0 Å². The van der Waals surface area contributed by atoms with Crippen molar-refractivity contribution in [3.05, 3.63) is 49.0 Å². The van der Waals surface area contributed by atoms with E-state index in [1.54, 1.807) is 17.4 Å². The lowest BCUT2D eigenvalue weighted by atomic mass is 10.1. The first kappa shape index (κ1) is 15.9. The van der Waals surface area contributed by atoms with Gasteiger partial charge in [-0.3, -0.25) is 0 Å². The first-order valence-electron chi connectivity index (χ1n) is 5.64. The summed E-state index contributed by atoms with van der Waals surface area (Å²) in [5, 5.41) is 5.02. The minimum absolute atomic E-state index is 0.0836. The van der Waals surface area contributed by atoms with Gasteiger partial charge in [0.15, 0.2) is 0 Å². The maximum atomic E-state index is 12.8. The van der Waals surface area contributed by atoms with Gasteiger partial charge >= 0.3 is 6.18 Å². The zero-order valence-corrected chi connectivity index (χ0v) is 14.3. The SMILES string of the molecule is CC(Nc1cc(Br)cc(C(F)(F)F)c1)c1sccc1Br. The number of rotatable bonds is 3. The molecule has 0 spiro atoms. The third-order valence-corrected chi connectivity index (χ3v) is 5.16. The van der Waals surface area contributed by atoms with Crippen molar-refractivity contribution in [1.29, 1.82) is 0 Å². The fraction of sp³-hybridized carbons (Fsp3) is 0.231. The first-order valence-corrected chi connectivity index (χ1v) is 8.11. The Morgan fingerprint density at radius 2 is 1.90 bits per heavy atom. The Morgan fingerprint density at radius 1 is 1.20 bits per heavy atom. The van der Waals surface area contributed by atoms with E-state index in [4.69, 9.17) is 0 Å². The van der Waals surface area contributed by atoms with Gasteiger partial charge in [0.1, 0.15) is 0 Å². The van der Waals surface area contributed by atoms with E-state index in [2.05, 4.69) is 37.2 Å². The number of nitrogens with one attached hydrogen (secondary N) is 1. The molecule has 1 aromatic carbocycles. The highest BCUT2D eigenvalue weighted by molar-refractivity contribution is 9.10. The van der Waals surface area contributed by atoms with Gasteiger partial charge in [0.2, 0.25) is 0 Å². The van der Waals surface area contributed by atoms with Crippen molar-refractivity contribution in [3.8, 4) is 0 Å². The Kier molecular flexibility index (Phi) is 4.81. The lowest BCUT2D eigenvalue weighted by Gasteiger charge is -2.16. The summed E-state index contributed by atoms with van der Waals surface area (Å²) in [5.74, 6) is 0. The maximum Gasteiger partial charge on any atom is 0.416 e. The van der Waals surface area contributed by atoms with E-state index in [0.29, 0.717) is 10.2 Å². The van der Waals surface area contributed by atoms with Crippen LogP contribution >= 0.6 is 43.2 Å². The van der Waals surface area contributed by atoms with E-state index in [0.717, 1.165) is 21.5 Å². The summed E-state index contributed by atoms with van der Waals surface area (Å²) in [6.07, 6.45) is -4.35. The highest BCUT2D eigenvalue weighted by Crippen LogP contribution is 2.35. The quantitative estimate of drug-likeness (QED) is 0.591. The largest absolute Gasteiger partial charge is 0.416 e. The fourth-order valence-electron chi connectivity index (χ4n) is 1.77. The van der Waals surface area contributed by atoms with Crippen LogP contribution in [-0.4, -0.2) is 0 Å². The third kappa shape index (κ3) is 3.77. The van der Waals surface area contributed by atoms with Crippen molar-refractivity contribution < 1.29 is 13.2 Å². The molecule has 108 valence electrons. The summed E-state index contributed by atoms with van der Waals surface area (Å²) in [5.41, 5.74) is -0.244. The molecule has 0 amide bonds. The Labute approximate surface area is 135 Å². The number of thiophene rings is 1. The van der Waals surface area contributed by atoms with Crippen molar-refractivity contribution >= 4 is 48.9 Å². The molecule has 0 radical (unpaired) electrons. The molecule has 0 bridgehead atoms. The van der Waals surface area contributed by atoms with Crippen LogP contribution in [0.1, 0.15) is 23.4 Å². The molecule has 2 aromatic rings. The standard InChI is InChI=1S/C13H10Br2F3NS/c1-7(12-11(15)2-3-20-12)19-10-5-8(13(16,17)18)4-9(14)6-10/h2-7,19H,1H3. The van der Waals surface area contributed by atoms with Gasteiger partial charge in [0, 0.05) is 19.5 Å².